The predicted molar refractivity (Wildman–Crippen MR) is 115 cm³/mol. The Labute approximate surface area is 175 Å². The van der Waals surface area contributed by atoms with Gasteiger partial charge in [-0.1, -0.05) is 49.6 Å². The van der Waals surface area contributed by atoms with Gasteiger partial charge in [-0.25, -0.2) is 0 Å². The van der Waals surface area contributed by atoms with Crippen LogP contribution in [0.4, 0.5) is 0 Å². The average Bonchev–Trinajstić information content (AvgIpc) is 2.77. The third-order valence-electron chi connectivity index (χ3n) is 7.35. The van der Waals surface area contributed by atoms with E-state index in [9.17, 15) is 9.59 Å². The molecule has 4 heteroatoms. The van der Waals surface area contributed by atoms with Gasteiger partial charge >= 0.3 is 0 Å². The number of nitrogens with zero attached hydrogens (tertiary/aromatic N) is 2. The maximum atomic E-state index is 13.2. The number of amides is 2. The number of benzene rings is 1. The molecule has 4 nitrogen and oxygen atoms in total. The lowest BCUT2D eigenvalue weighted by molar-refractivity contribution is -0.144. The fraction of sp³-hybridized carbons (Fsp3) is 0.680. The second-order valence-corrected chi connectivity index (χ2v) is 9.50. The Morgan fingerprint density at radius 1 is 0.897 bits per heavy atom. The molecular weight excluding hydrogens is 360 g/mol. The monoisotopic (exact) mass is 396 g/mol. The van der Waals surface area contributed by atoms with Gasteiger partial charge in [0.2, 0.25) is 11.8 Å². The van der Waals surface area contributed by atoms with Crippen LogP contribution < -0.4 is 0 Å². The summed E-state index contributed by atoms with van der Waals surface area (Å²) in [5, 5.41) is 0. The van der Waals surface area contributed by atoms with E-state index in [4.69, 9.17) is 0 Å². The fourth-order valence-corrected chi connectivity index (χ4v) is 5.54. The molecule has 0 unspecified atom stereocenters. The topological polar surface area (TPSA) is 40.6 Å². The van der Waals surface area contributed by atoms with Gasteiger partial charge in [-0.3, -0.25) is 9.59 Å². The molecule has 0 N–H and O–H groups in total. The van der Waals surface area contributed by atoms with Gasteiger partial charge in [-0.05, 0) is 55.9 Å². The Kier molecular flexibility index (Phi) is 6.89. The molecule has 3 aliphatic rings. The zero-order valence-corrected chi connectivity index (χ0v) is 17.7. The van der Waals surface area contributed by atoms with Crippen LogP contribution in [0.2, 0.25) is 0 Å². The van der Waals surface area contributed by atoms with Crippen molar-refractivity contribution in [3.63, 3.8) is 0 Å². The van der Waals surface area contributed by atoms with E-state index in [1.54, 1.807) is 0 Å². The van der Waals surface area contributed by atoms with Crippen molar-refractivity contribution in [1.82, 2.24) is 9.80 Å². The molecule has 0 bridgehead atoms. The van der Waals surface area contributed by atoms with Gasteiger partial charge in [0.15, 0.2) is 0 Å². The van der Waals surface area contributed by atoms with Crippen molar-refractivity contribution in [2.75, 3.05) is 26.2 Å². The van der Waals surface area contributed by atoms with E-state index >= 15 is 0 Å². The second-order valence-electron chi connectivity index (χ2n) is 9.50. The molecule has 1 aromatic carbocycles. The lowest BCUT2D eigenvalue weighted by Crippen LogP contribution is -2.50. The van der Waals surface area contributed by atoms with Gasteiger partial charge in [0.05, 0.1) is 5.92 Å². The summed E-state index contributed by atoms with van der Waals surface area (Å²) in [5.41, 5.74) is 1.40. The first kappa shape index (κ1) is 20.4. The number of hydrogen-bond acceptors (Lipinski definition) is 2. The molecule has 1 atom stereocenters. The predicted octanol–water partition coefficient (Wildman–Crippen LogP) is 4.29. The maximum Gasteiger partial charge on any atom is 0.227 e. The standard InChI is InChI=1S/C25H36N2O2/c28-24-12-11-23(19-27(24)18-22-9-5-2-6-10-22)25(29)26-15-13-21(14-16-26)17-20-7-3-1-4-8-20/h1,3-4,7-8,21-23H,2,5-6,9-19H2/t23-/m0/s1. The Morgan fingerprint density at radius 2 is 1.62 bits per heavy atom. The van der Waals surface area contributed by atoms with E-state index in [1.807, 2.05) is 4.90 Å². The second kappa shape index (κ2) is 9.77. The van der Waals surface area contributed by atoms with Gasteiger partial charge in [0.1, 0.15) is 0 Å². The van der Waals surface area contributed by atoms with Crippen LogP contribution in [-0.2, 0) is 16.0 Å². The minimum Gasteiger partial charge on any atom is -0.342 e. The molecule has 1 aliphatic carbocycles. The maximum absolute atomic E-state index is 13.2. The molecule has 0 radical (unpaired) electrons. The molecule has 0 aromatic heterocycles. The highest BCUT2D eigenvalue weighted by Gasteiger charge is 2.35. The van der Waals surface area contributed by atoms with Gasteiger partial charge in [0.25, 0.3) is 0 Å². The fourth-order valence-electron chi connectivity index (χ4n) is 5.54. The van der Waals surface area contributed by atoms with E-state index in [2.05, 4.69) is 35.2 Å². The summed E-state index contributed by atoms with van der Waals surface area (Å²) in [6.45, 7) is 3.28. The molecule has 158 valence electrons. The smallest absolute Gasteiger partial charge is 0.227 e. The molecule has 2 saturated heterocycles. The molecule has 3 fully saturated rings. The van der Waals surface area contributed by atoms with Crippen molar-refractivity contribution in [1.29, 1.82) is 0 Å². The van der Waals surface area contributed by atoms with Crippen molar-refractivity contribution in [2.45, 2.75) is 64.2 Å². The van der Waals surface area contributed by atoms with Crippen LogP contribution in [0.15, 0.2) is 30.3 Å². The van der Waals surface area contributed by atoms with Crippen LogP contribution in [0.5, 0.6) is 0 Å². The molecule has 2 amide bonds. The van der Waals surface area contributed by atoms with Crippen molar-refractivity contribution < 1.29 is 9.59 Å². The van der Waals surface area contributed by atoms with Crippen LogP contribution in [0.25, 0.3) is 0 Å². The van der Waals surface area contributed by atoms with Crippen molar-refractivity contribution in [3.05, 3.63) is 35.9 Å². The first-order chi connectivity index (χ1) is 14.2. The lowest BCUT2D eigenvalue weighted by atomic mass is 9.87. The first-order valence-corrected chi connectivity index (χ1v) is 11.8. The van der Waals surface area contributed by atoms with Crippen LogP contribution in [0.1, 0.15) is 63.4 Å². The first-order valence-electron chi connectivity index (χ1n) is 11.8. The van der Waals surface area contributed by atoms with Crippen LogP contribution in [0, 0.1) is 17.8 Å². The summed E-state index contributed by atoms with van der Waals surface area (Å²) in [7, 11) is 0. The highest BCUT2D eigenvalue weighted by Crippen LogP contribution is 2.29. The Balaban J connectivity index is 1.26. The molecule has 4 rings (SSSR count). The van der Waals surface area contributed by atoms with E-state index < -0.39 is 0 Å². The van der Waals surface area contributed by atoms with E-state index in [0.717, 1.165) is 45.3 Å². The number of hydrogen-bond donors (Lipinski definition) is 0. The minimum absolute atomic E-state index is 0.0157. The normalized spacial score (nSPS) is 24.7. The van der Waals surface area contributed by atoms with Crippen LogP contribution in [0.3, 0.4) is 0 Å². The van der Waals surface area contributed by atoms with Crippen LogP contribution >= 0.6 is 0 Å². The third-order valence-corrected chi connectivity index (χ3v) is 7.35. The van der Waals surface area contributed by atoms with Crippen molar-refractivity contribution in [2.24, 2.45) is 17.8 Å². The summed E-state index contributed by atoms with van der Waals surface area (Å²) in [5.74, 6) is 1.90. The summed E-state index contributed by atoms with van der Waals surface area (Å²) in [6.07, 6.45) is 11.0. The highest BCUT2D eigenvalue weighted by atomic mass is 16.2. The Hall–Kier alpha value is -1.84. The van der Waals surface area contributed by atoms with Gasteiger partial charge in [0, 0.05) is 32.6 Å². The molecular formula is C25H36N2O2. The number of carbonyl (C=O) groups is 2. The highest BCUT2D eigenvalue weighted by molar-refractivity contribution is 5.84. The molecule has 2 aliphatic heterocycles. The van der Waals surface area contributed by atoms with E-state index in [1.165, 1.54) is 37.7 Å². The zero-order chi connectivity index (χ0) is 20.1. The Morgan fingerprint density at radius 3 is 2.34 bits per heavy atom. The summed E-state index contributed by atoms with van der Waals surface area (Å²) in [4.78, 5) is 29.7. The van der Waals surface area contributed by atoms with Gasteiger partial charge < -0.3 is 9.80 Å². The quantitative estimate of drug-likeness (QED) is 0.745. The number of piperidine rings is 2. The molecule has 0 spiro atoms. The third kappa shape index (κ3) is 5.40. The molecule has 1 saturated carbocycles. The minimum atomic E-state index is 0.0157. The lowest BCUT2D eigenvalue weighted by Gasteiger charge is -2.39. The van der Waals surface area contributed by atoms with Crippen molar-refractivity contribution >= 4 is 11.8 Å². The van der Waals surface area contributed by atoms with Crippen molar-refractivity contribution in [3.8, 4) is 0 Å². The van der Waals surface area contributed by atoms with E-state index in [-0.39, 0.29) is 11.8 Å². The molecule has 2 heterocycles. The van der Waals surface area contributed by atoms with Crippen LogP contribution in [-0.4, -0.2) is 47.8 Å². The molecule has 1 aromatic rings. The summed E-state index contributed by atoms with van der Waals surface area (Å²) < 4.78 is 0. The summed E-state index contributed by atoms with van der Waals surface area (Å²) >= 11 is 0. The average molecular weight is 397 g/mol. The number of carbonyl (C=O) groups excluding carboxylic acids is 2. The zero-order valence-electron chi connectivity index (χ0n) is 17.7. The largest absolute Gasteiger partial charge is 0.342 e. The van der Waals surface area contributed by atoms with E-state index in [0.29, 0.717) is 30.7 Å². The van der Waals surface area contributed by atoms with Gasteiger partial charge in [-0.2, -0.15) is 0 Å². The molecule has 29 heavy (non-hydrogen) atoms. The summed E-state index contributed by atoms with van der Waals surface area (Å²) in [6, 6.07) is 10.7. The number of rotatable bonds is 5. The SMILES string of the molecule is O=C1CC[C@H](C(=O)N2CCC(Cc3ccccc3)CC2)CN1CC1CCCCC1. The Bertz CT molecular complexity index is 675. The number of likely N-dealkylation sites (tertiary alicyclic amines) is 2. The van der Waals surface area contributed by atoms with Gasteiger partial charge in [-0.15, -0.1) is 0 Å².